The Morgan fingerprint density at radius 2 is 2.25 bits per heavy atom. The molecule has 0 fully saturated rings. The monoisotopic (exact) mass is 233 g/mol. The van der Waals surface area contributed by atoms with Crippen LogP contribution in [0, 0.1) is 12.7 Å². The number of halogens is 2. The van der Waals surface area contributed by atoms with Crippen LogP contribution in [0.25, 0.3) is 0 Å². The molecule has 12 heavy (non-hydrogen) atoms. The van der Waals surface area contributed by atoms with Crippen molar-refractivity contribution in [1.29, 1.82) is 0 Å². The van der Waals surface area contributed by atoms with E-state index < -0.39 is 0 Å². The molecular formula is C8H9BrFNO. The highest BCUT2D eigenvalue weighted by molar-refractivity contribution is 9.10. The van der Waals surface area contributed by atoms with E-state index >= 15 is 0 Å². The van der Waals surface area contributed by atoms with E-state index in [1.165, 1.54) is 0 Å². The van der Waals surface area contributed by atoms with Gasteiger partial charge in [-0.05, 0) is 34.5 Å². The van der Waals surface area contributed by atoms with E-state index in [0.717, 1.165) is 5.56 Å². The topological polar surface area (TPSA) is 32.3 Å². The van der Waals surface area contributed by atoms with Crippen molar-refractivity contribution in [2.45, 2.75) is 13.5 Å². The highest BCUT2D eigenvalue weighted by Crippen LogP contribution is 2.21. The molecule has 0 unspecified atom stereocenters. The van der Waals surface area contributed by atoms with Crippen molar-refractivity contribution in [3.8, 4) is 0 Å². The third-order valence-corrected chi connectivity index (χ3v) is 2.30. The molecule has 0 amide bonds. The number of benzene rings is 1. The fourth-order valence-corrected chi connectivity index (χ4v) is 1.36. The standard InChI is InChI=1S/C8H9BrFNO/c1-5-2-3-7(9)8(10)6(5)4-11-12/h2-3,11-12H,4H2,1H3. The summed E-state index contributed by atoms with van der Waals surface area (Å²) < 4.78 is 13.7. The molecule has 0 aliphatic heterocycles. The van der Waals surface area contributed by atoms with Crippen LogP contribution in [0.1, 0.15) is 11.1 Å². The van der Waals surface area contributed by atoms with Crippen molar-refractivity contribution in [2.24, 2.45) is 0 Å². The quantitative estimate of drug-likeness (QED) is 0.770. The van der Waals surface area contributed by atoms with Crippen molar-refractivity contribution >= 4 is 15.9 Å². The van der Waals surface area contributed by atoms with Gasteiger partial charge in [-0.2, -0.15) is 0 Å². The summed E-state index contributed by atoms with van der Waals surface area (Å²) in [5.74, 6) is -0.323. The Kier molecular flexibility index (Phi) is 3.20. The number of rotatable bonds is 2. The fourth-order valence-electron chi connectivity index (χ4n) is 0.985. The van der Waals surface area contributed by atoms with Gasteiger partial charge in [0.25, 0.3) is 0 Å². The van der Waals surface area contributed by atoms with Gasteiger partial charge < -0.3 is 5.21 Å². The molecule has 0 saturated carbocycles. The predicted octanol–water partition coefficient (Wildman–Crippen LogP) is 2.38. The molecule has 0 aliphatic carbocycles. The van der Waals surface area contributed by atoms with Gasteiger partial charge >= 0.3 is 0 Å². The summed E-state index contributed by atoms with van der Waals surface area (Å²) in [5.41, 5.74) is 3.23. The van der Waals surface area contributed by atoms with Crippen LogP contribution >= 0.6 is 15.9 Å². The third kappa shape index (κ3) is 1.83. The van der Waals surface area contributed by atoms with Crippen LogP contribution in [0.4, 0.5) is 4.39 Å². The van der Waals surface area contributed by atoms with Gasteiger partial charge in [-0.25, -0.2) is 9.87 Å². The van der Waals surface area contributed by atoms with Gasteiger partial charge in [-0.3, -0.25) is 0 Å². The van der Waals surface area contributed by atoms with Crippen LogP contribution in [0.5, 0.6) is 0 Å². The smallest absolute Gasteiger partial charge is 0.142 e. The van der Waals surface area contributed by atoms with Crippen LogP contribution in [-0.2, 0) is 6.54 Å². The Morgan fingerprint density at radius 3 is 2.83 bits per heavy atom. The average molecular weight is 234 g/mol. The van der Waals surface area contributed by atoms with Crippen LogP contribution in [0.15, 0.2) is 16.6 Å². The van der Waals surface area contributed by atoms with Gasteiger partial charge in [0.1, 0.15) is 5.82 Å². The van der Waals surface area contributed by atoms with Crippen molar-refractivity contribution in [3.63, 3.8) is 0 Å². The van der Waals surface area contributed by atoms with Crippen molar-refractivity contribution in [1.82, 2.24) is 5.48 Å². The van der Waals surface area contributed by atoms with E-state index in [9.17, 15) is 4.39 Å². The van der Waals surface area contributed by atoms with Crippen LogP contribution in [0.2, 0.25) is 0 Å². The maximum Gasteiger partial charge on any atom is 0.142 e. The second-order valence-corrected chi connectivity index (χ2v) is 3.35. The van der Waals surface area contributed by atoms with E-state index in [2.05, 4.69) is 15.9 Å². The number of nitrogens with one attached hydrogen (secondary N) is 1. The average Bonchev–Trinajstić information content (AvgIpc) is 2.06. The highest BCUT2D eigenvalue weighted by atomic mass is 79.9. The Labute approximate surface area is 78.5 Å². The largest absolute Gasteiger partial charge is 0.316 e. The zero-order chi connectivity index (χ0) is 9.14. The zero-order valence-corrected chi connectivity index (χ0v) is 8.15. The number of aryl methyl sites for hydroxylation is 1. The van der Waals surface area contributed by atoms with Crippen LogP contribution in [0.3, 0.4) is 0 Å². The maximum absolute atomic E-state index is 13.3. The van der Waals surface area contributed by atoms with Crippen molar-refractivity contribution in [3.05, 3.63) is 33.5 Å². The molecule has 4 heteroatoms. The first-order valence-corrected chi connectivity index (χ1v) is 4.26. The summed E-state index contributed by atoms with van der Waals surface area (Å²) in [6, 6.07) is 3.44. The van der Waals surface area contributed by atoms with Crippen molar-refractivity contribution in [2.75, 3.05) is 0 Å². The summed E-state index contributed by atoms with van der Waals surface area (Å²) in [7, 11) is 0. The van der Waals surface area contributed by atoms with Crippen LogP contribution < -0.4 is 5.48 Å². The highest BCUT2D eigenvalue weighted by Gasteiger charge is 2.08. The summed E-state index contributed by atoms with van der Waals surface area (Å²) in [5, 5.41) is 8.43. The minimum atomic E-state index is -0.323. The molecule has 0 atom stereocenters. The lowest BCUT2D eigenvalue weighted by atomic mass is 10.1. The molecule has 0 saturated heterocycles. The molecule has 1 aromatic carbocycles. The molecule has 0 heterocycles. The summed E-state index contributed by atoms with van der Waals surface area (Å²) in [6.45, 7) is 1.92. The van der Waals surface area contributed by atoms with Gasteiger partial charge in [0.2, 0.25) is 0 Å². The van der Waals surface area contributed by atoms with E-state index in [1.54, 1.807) is 19.1 Å². The first kappa shape index (κ1) is 9.64. The van der Waals surface area contributed by atoms with Gasteiger partial charge in [0.05, 0.1) is 4.47 Å². The molecule has 0 bridgehead atoms. The van der Waals surface area contributed by atoms with Gasteiger partial charge in [0, 0.05) is 12.1 Å². The Bertz CT molecular complexity index is 291. The summed E-state index contributed by atoms with van der Waals surface area (Å²) in [6.07, 6.45) is 0. The van der Waals surface area contributed by atoms with Gasteiger partial charge in [0.15, 0.2) is 0 Å². The summed E-state index contributed by atoms with van der Waals surface area (Å²) in [4.78, 5) is 0. The Morgan fingerprint density at radius 1 is 1.58 bits per heavy atom. The van der Waals surface area contributed by atoms with Crippen LogP contribution in [-0.4, -0.2) is 5.21 Å². The lowest BCUT2D eigenvalue weighted by Crippen LogP contribution is -2.09. The molecule has 0 aliphatic rings. The zero-order valence-electron chi connectivity index (χ0n) is 6.56. The number of hydrogen-bond donors (Lipinski definition) is 2. The second-order valence-electron chi connectivity index (χ2n) is 2.49. The molecule has 1 rings (SSSR count). The maximum atomic E-state index is 13.3. The van der Waals surface area contributed by atoms with Gasteiger partial charge in [-0.15, -0.1) is 0 Å². The predicted molar refractivity (Wildman–Crippen MR) is 47.5 cm³/mol. The first-order valence-electron chi connectivity index (χ1n) is 3.47. The number of hydrogen-bond acceptors (Lipinski definition) is 2. The molecular weight excluding hydrogens is 225 g/mol. The SMILES string of the molecule is Cc1ccc(Br)c(F)c1CNO. The van der Waals surface area contributed by atoms with E-state index in [0.29, 0.717) is 10.0 Å². The van der Waals surface area contributed by atoms with Crippen molar-refractivity contribution < 1.29 is 9.60 Å². The van der Waals surface area contributed by atoms with E-state index in [1.807, 2.05) is 5.48 Å². The van der Waals surface area contributed by atoms with E-state index in [4.69, 9.17) is 5.21 Å². The molecule has 0 aromatic heterocycles. The molecule has 0 radical (unpaired) electrons. The minimum absolute atomic E-state index is 0.122. The lowest BCUT2D eigenvalue weighted by molar-refractivity contribution is 0.159. The second kappa shape index (κ2) is 3.98. The molecule has 2 N–H and O–H groups in total. The lowest BCUT2D eigenvalue weighted by Gasteiger charge is -2.06. The van der Waals surface area contributed by atoms with E-state index in [-0.39, 0.29) is 12.4 Å². The Balaban J connectivity index is 3.14. The molecule has 2 nitrogen and oxygen atoms in total. The molecule has 1 aromatic rings. The normalized spacial score (nSPS) is 10.3. The Hall–Kier alpha value is -0.450. The minimum Gasteiger partial charge on any atom is -0.316 e. The summed E-state index contributed by atoms with van der Waals surface area (Å²) >= 11 is 3.07. The fraction of sp³-hybridized carbons (Fsp3) is 0.250. The first-order chi connectivity index (χ1) is 5.66. The van der Waals surface area contributed by atoms with Gasteiger partial charge in [-0.1, -0.05) is 6.07 Å². The molecule has 0 spiro atoms. The molecule has 66 valence electrons. The third-order valence-electron chi connectivity index (χ3n) is 1.69. The number of hydroxylamine groups is 1.